The minimum atomic E-state index is -0.0651. The molecular weight excluding hydrogens is 342 g/mol. The van der Waals surface area contributed by atoms with Gasteiger partial charge in [-0.25, -0.2) is 4.98 Å². The van der Waals surface area contributed by atoms with Crippen molar-refractivity contribution < 1.29 is 4.79 Å². The van der Waals surface area contributed by atoms with E-state index < -0.39 is 0 Å². The van der Waals surface area contributed by atoms with Crippen molar-refractivity contribution >= 4 is 29.4 Å². The molecule has 1 aromatic heterocycles. The Morgan fingerprint density at radius 3 is 2.88 bits per heavy atom. The molecule has 7 heteroatoms. The number of fused-ring (bicyclic) bond motifs is 1. The lowest BCUT2D eigenvalue weighted by molar-refractivity contribution is -0.118. The summed E-state index contributed by atoms with van der Waals surface area (Å²) < 4.78 is 1.54. The summed E-state index contributed by atoms with van der Waals surface area (Å²) in [5, 5.41) is 3.50. The second-order valence-corrected chi connectivity index (χ2v) is 7.73. The predicted molar refractivity (Wildman–Crippen MR) is 97.7 cm³/mol. The Labute approximate surface area is 149 Å². The van der Waals surface area contributed by atoms with E-state index in [-0.39, 0.29) is 17.2 Å². The van der Waals surface area contributed by atoms with E-state index in [1.165, 1.54) is 21.9 Å². The fourth-order valence-electron chi connectivity index (χ4n) is 2.38. The first-order valence-electron chi connectivity index (χ1n) is 7.72. The van der Waals surface area contributed by atoms with Gasteiger partial charge in [0.1, 0.15) is 0 Å². The third kappa shape index (κ3) is 3.84. The van der Waals surface area contributed by atoms with Gasteiger partial charge in [0.05, 0.1) is 16.3 Å². The first kappa shape index (κ1) is 17.1. The molecule has 5 nitrogen and oxygen atoms in total. The van der Waals surface area contributed by atoms with Crippen molar-refractivity contribution in [1.82, 2.24) is 14.9 Å². The van der Waals surface area contributed by atoms with Crippen molar-refractivity contribution in [2.75, 3.05) is 11.5 Å². The van der Waals surface area contributed by atoms with Gasteiger partial charge in [-0.1, -0.05) is 41.6 Å². The number of carbonyl (C=O) groups excluding carboxylic acids is 1. The number of hydrogen-bond acceptors (Lipinski definition) is 5. The number of nitrogens with one attached hydrogen (secondary N) is 1. The predicted octanol–water partition coefficient (Wildman–Crippen LogP) is 2.15. The highest BCUT2D eigenvalue weighted by Gasteiger charge is 2.20. The minimum Gasteiger partial charge on any atom is -0.351 e. The molecular formula is C17H19N3O2S2. The van der Waals surface area contributed by atoms with Crippen molar-refractivity contribution in [2.24, 2.45) is 7.05 Å². The van der Waals surface area contributed by atoms with Gasteiger partial charge in [-0.15, -0.1) is 11.8 Å². The number of carbonyl (C=O) groups is 1. The quantitative estimate of drug-likeness (QED) is 0.653. The fraction of sp³-hybridized carbons (Fsp3) is 0.353. The monoisotopic (exact) mass is 361 g/mol. The molecule has 0 saturated heterocycles. The molecule has 2 aromatic rings. The molecule has 0 aliphatic carbocycles. The van der Waals surface area contributed by atoms with Crippen molar-refractivity contribution in [3.8, 4) is 0 Å². The smallest absolute Gasteiger partial charge is 0.267 e. The Kier molecular flexibility index (Phi) is 5.30. The maximum absolute atomic E-state index is 12.3. The van der Waals surface area contributed by atoms with E-state index >= 15 is 0 Å². The summed E-state index contributed by atoms with van der Waals surface area (Å²) >= 11 is 2.87. The normalized spacial score (nSPS) is 12.9. The van der Waals surface area contributed by atoms with Crippen LogP contribution < -0.4 is 10.9 Å². The first-order chi connectivity index (χ1) is 11.5. The first-order valence-corrected chi connectivity index (χ1v) is 9.69. The Bertz CT molecular complexity index is 816. The van der Waals surface area contributed by atoms with E-state index in [1.807, 2.05) is 31.2 Å². The second-order valence-electron chi connectivity index (χ2n) is 5.68. The maximum Gasteiger partial charge on any atom is 0.267 e. The van der Waals surface area contributed by atoms with Crippen LogP contribution in [0.15, 0.2) is 39.1 Å². The van der Waals surface area contributed by atoms with Crippen LogP contribution in [0, 0.1) is 6.92 Å². The molecule has 3 rings (SSSR count). The van der Waals surface area contributed by atoms with Crippen LogP contribution in [0.5, 0.6) is 0 Å². The topological polar surface area (TPSA) is 64.0 Å². The number of amides is 1. The molecule has 0 unspecified atom stereocenters. The zero-order chi connectivity index (χ0) is 17.1. The van der Waals surface area contributed by atoms with Gasteiger partial charge in [-0.05, 0) is 12.5 Å². The minimum absolute atomic E-state index is 0.00920. The highest BCUT2D eigenvalue weighted by molar-refractivity contribution is 8.00. The summed E-state index contributed by atoms with van der Waals surface area (Å²) in [5.74, 6) is 1.09. The highest BCUT2D eigenvalue weighted by Crippen LogP contribution is 2.28. The molecule has 1 N–H and O–H groups in total. The average molecular weight is 361 g/mol. The number of thioether (sulfide) groups is 2. The highest BCUT2D eigenvalue weighted by atomic mass is 32.2. The van der Waals surface area contributed by atoms with Gasteiger partial charge in [0, 0.05) is 25.8 Å². The molecule has 0 fully saturated rings. The van der Waals surface area contributed by atoms with Crippen LogP contribution in [-0.4, -0.2) is 27.0 Å². The SMILES string of the molecule is Cc1ccc(CNC(=O)CSc2nc3c(c(=O)n2C)SCC3)cc1. The van der Waals surface area contributed by atoms with Crippen LogP contribution >= 0.6 is 23.5 Å². The standard InChI is InChI=1S/C17H19N3O2S2/c1-11-3-5-12(6-4-11)9-18-14(21)10-24-17-19-13-7-8-23-15(13)16(22)20(17)2/h3-6H,7-10H2,1-2H3,(H,18,21). The summed E-state index contributed by atoms with van der Waals surface area (Å²) in [6, 6.07) is 8.06. The lowest BCUT2D eigenvalue weighted by Gasteiger charge is -2.09. The number of rotatable bonds is 5. The lowest BCUT2D eigenvalue weighted by Crippen LogP contribution is -2.26. The maximum atomic E-state index is 12.3. The number of aromatic nitrogens is 2. The van der Waals surface area contributed by atoms with Gasteiger partial charge in [0.15, 0.2) is 5.16 Å². The Morgan fingerprint density at radius 1 is 1.38 bits per heavy atom. The van der Waals surface area contributed by atoms with Crippen molar-refractivity contribution in [1.29, 1.82) is 0 Å². The summed E-state index contributed by atoms with van der Waals surface area (Å²) in [4.78, 5) is 29.6. The molecule has 0 saturated carbocycles. The van der Waals surface area contributed by atoms with Crippen LogP contribution in [-0.2, 0) is 24.8 Å². The van der Waals surface area contributed by atoms with E-state index in [1.54, 1.807) is 18.8 Å². The molecule has 1 aromatic carbocycles. The lowest BCUT2D eigenvalue weighted by atomic mass is 10.1. The van der Waals surface area contributed by atoms with Gasteiger partial charge in [0.2, 0.25) is 5.91 Å². The van der Waals surface area contributed by atoms with Crippen LogP contribution in [0.25, 0.3) is 0 Å². The van der Waals surface area contributed by atoms with Crippen molar-refractivity contribution in [3.05, 3.63) is 51.4 Å². The number of benzene rings is 1. The molecule has 1 amide bonds. The Morgan fingerprint density at radius 2 is 2.12 bits per heavy atom. The summed E-state index contributed by atoms with van der Waals surface area (Å²) in [6.45, 7) is 2.54. The Balaban J connectivity index is 1.58. The molecule has 0 spiro atoms. The van der Waals surface area contributed by atoms with Crippen LogP contribution in [0.2, 0.25) is 0 Å². The van der Waals surface area contributed by atoms with E-state index in [2.05, 4.69) is 10.3 Å². The number of hydrogen-bond donors (Lipinski definition) is 1. The van der Waals surface area contributed by atoms with Gasteiger partial charge in [-0.3, -0.25) is 14.2 Å². The van der Waals surface area contributed by atoms with Gasteiger partial charge >= 0.3 is 0 Å². The Hall–Kier alpha value is -1.73. The number of aryl methyl sites for hydroxylation is 2. The summed E-state index contributed by atoms with van der Waals surface area (Å²) in [5.41, 5.74) is 3.12. The van der Waals surface area contributed by atoms with Crippen molar-refractivity contribution in [2.45, 2.75) is 29.9 Å². The third-order valence-electron chi connectivity index (χ3n) is 3.81. The third-order valence-corrected chi connectivity index (χ3v) is 5.94. The van der Waals surface area contributed by atoms with Crippen LogP contribution in [0.4, 0.5) is 0 Å². The van der Waals surface area contributed by atoms with Gasteiger partial charge < -0.3 is 5.32 Å². The molecule has 0 radical (unpaired) electrons. The molecule has 0 bridgehead atoms. The molecule has 1 aliphatic rings. The summed E-state index contributed by atoms with van der Waals surface area (Å²) in [6.07, 6.45) is 0.823. The zero-order valence-corrected chi connectivity index (χ0v) is 15.3. The van der Waals surface area contributed by atoms with Crippen molar-refractivity contribution in [3.63, 3.8) is 0 Å². The van der Waals surface area contributed by atoms with Crippen LogP contribution in [0.1, 0.15) is 16.8 Å². The molecule has 2 heterocycles. The van der Waals surface area contributed by atoms with E-state index in [0.717, 1.165) is 28.3 Å². The van der Waals surface area contributed by atoms with Crippen LogP contribution in [0.3, 0.4) is 0 Å². The molecule has 1 aliphatic heterocycles. The fourth-order valence-corrected chi connectivity index (χ4v) is 4.27. The largest absolute Gasteiger partial charge is 0.351 e. The van der Waals surface area contributed by atoms with Gasteiger partial charge in [-0.2, -0.15) is 0 Å². The summed E-state index contributed by atoms with van der Waals surface area (Å²) in [7, 11) is 1.71. The van der Waals surface area contributed by atoms with E-state index in [4.69, 9.17) is 0 Å². The molecule has 24 heavy (non-hydrogen) atoms. The molecule has 126 valence electrons. The zero-order valence-electron chi connectivity index (χ0n) is 13.7. The van der Waals surface area contributed by atoms with Gasteiger partial charge in [0.25, 0.3) is 5.56 Å². The average Bonchev–Trinajstić information content (AvgIpc) is 3.05. The van der Waals surface area contributed by atoms with E-state index in [0.29, 0.717) is 11.7 Å². The molecule has 0 atom stereocenters. The second kappa shape index (κ2) is 7.44. The number of nitrogens with zero attached hydrogens (tertiary/aromatic N) is 2. The van der Waals surface area contributed by atoms with E-state index in [9.17, 15) is 9.59 Å².